The van der Waals surface area contributed by atoms with Crippen LogP contribution in [0.4, 0.5) is 11.4 Å². The first-order valence-corrected chi connectivity index (χ1v) is 8.15. The van der Waals surface area contributed by atoms with Gasteiger partial charge in [0.25, 0.3) is 0 Å². The van der Waals surface area contributed by atoms with Gasteiger partial charge in [-0.05, 0) is 28.8 Å². The molecule has 2 aromatic rings. The molecule has 0 aliphatic heterocycles. The van der Waals surface area contributed by atoms with Crippen LogP contribution in [0.15, 0.2) is 60.7 Å². The molecule has 108 valence electrons. The second-order valence-electron chi connectivity index (χ2n) is 4.58. The van der Waals surface area contributed by atoms with E-state index in [-0.39, 0.29) is 18.5 Å². The van der Waals surface area contributed by atoms with Crippen LogP contribution in [0.25, 0.3) is 0 Å². The number of para-hydroxylation sites is 2. The molecule has 0 aliphatic carbocycles. The van der Waals surface area contributed by atoms with Crippen molar-refractivity contribution in [3.05, 3.63) is 60.7 Å². The fourth-order valence-electron chi connectivity index (χ4n) is 2.07. The predicted octanol–water partition coefficient (Wildman–Crippen LogP) is 3.87. The number of amides is 1. The summed E-state index contributed by atoms with van der Waals surface area (Å²) in [4.78, 5) is 22.9. The molecule has 5 heteroatoms. The van der Waals surface area contributed by atoms with Crippen LogP contribution in [0, 0.1) is 0 Å². The molecule has 0 aromatic heterocycles. The van der Waals surface area contributed by atoms with Crippen molar-refractivity contribution in [2.45, 2.75) is 12.8 Å². The van der Waals surface area contributed by atoms with Gasteiger partial charge in [0.1, 0.15) is 0 Å². The Labute approximate surface area is 124 Å². The van der Waals surface area contributed by atoms with E-state index in [1.165, 1.54) is 0 Å². The SMILES string of the molecule is O=C(CCC[P+](=O)O)N(c1ccccc1)c1ccccc1. The third-order valence-electron chi connectivity index (χ3n) is 3.02. The fraction of sp³-hybridized carbons (Fsp3) is 0.188. The molecular formula is C16H17NO3P+. The first-order chi connectivity index (χ1) is 10.2. The monoisotopic (exact) mass is 302 g/mol. The van der Waals surface area contributed by atoms with Gasteiger partial charge in [-0.1, -0.05) is 36.4 Å². The van der Waals surface area contributed by atoms with Crippen LogP contribution in [0.2, 0.25) is 0 Å². The molecular weight excluding hydrogens is 285 g/mol. The molecule has 1 atom stereocenters. The van der Waals surface area contributed by atoms with Crippen molar-refractivity contribution >= 4 is 25.3 Å². The quantitative estimate of drug-likeness (QED) is 0.824. The molecule has 2 rings (SSSR count). The van der Waals surface area contributed by atoms with Crippen molar-refractivity contribution in [2.24, 2.45) is 0 Å². The van der Waals surface area contributed by atoms with E-state index in [1.807, 2.05) is 60.7 Å². The molecule has 1 unspecified atom stereocenters. The Kier molecular flexibility index (Phi) is 5.61. The Hall–Kier alpha value is -2.03. The molecule has 0 saturated heterocycles. The maximum absolute atomic E-state index is 12.5. The van der Waals surface area contributed by atoms with Gasteiger partial charge >= 0.3 is 8.03 Å². The summed E-state index contributed by atoms with van der Waals surface area (Å²) in [5.74, 6) is -0.0794. The summed E-state index contributed by atoms with van der Waals surface area (Å²) in [7, 11) is -2.18. The summed E-state index contributed by atoms with van der Waals surface area (Å²) in [5, 5.41) is 0. The van der Waals surface area contributed by atoms with E-state index in [2.05, 4.69) is 0 Å². The summed E-state index contributed by atoms with van der Waals surface area (Å²) in [6, 6.07) is 18.8. The summed E-state index contributed by atoms with van der Waals surface area (Å²) in [6.45, 7) is 0. The summed E-state index contributed by atoms with van der Waals surface area (Å²) >= 11 is 0. The highest BCUT2D eigenvalue weighted by molar-refractivity contribution is 7.37. The average Bonchev–Trinajstić information content (AvgIpc) is 2.49. The molecule has 4 nitrogen and oxygen atoms in total. The zero-order valence-electron chi connectivity index (χ0n) is 11.6. The van der Waals surface area contributed by atoms with Crippen LogP contribution >= 0.6 is 8.03 Å². The molecule has 0 saturated carbocycles. The molecule has 2 aromatic carbocycles. The van der Waals surface area contributed by atoms with Crippen molar-refractivity contribution in [3.63, 3.8) is 0 Å². The van der Waals surface area contributed by atoms with E-state index in [0.717, 1.165) is 11.4 Å². The normalized spacial score (nSPS) is 11.0. The lowest BCUT2D eigenvalue weighted by Gasteiger charge is -2.22. The highest BCUT2D eigenvalue weighted by Crippen LogP contribution is 2.26. The predicted molar refractivity (Wildman–Crippen MR) is 84.0 cm³/mol. The van der Waals surface area contributed by atoms with Gasteiger partial charge < -0.3 is 0 Å². The third-order valence-corrected chi connectivity index (χ3v) is 3.72. The Morgan fingerprint density at radius 2 is 1.43 bits per heavy atom. The largest absolute Gasteiger partial charge is 0.505 e. The van der Waals surface area contributed by atoms with Crippen LogP contribution in [0.5, 0.6) is 0 Å². The second kappa shape index (κ2) is 7.67. The van der Waals surface area contributed by atoms with Crippen molar-refractivity contribution in [1.82, 2.24) is 0 Å². The van der Waals surface area contributed by atoms with Crippen LogP contribution < -0.4 is 4.90 Å². The number of benzene rings is 2. The molecule has 21 heavy (non-hydrogen) atoms. The first kappa shape index (κ1) is 15.4. The second-order valence-corrected chi connectivity index (χ2v) is 5.73. The summed E-state index contributed by atoms with van der Waals surface area (Å²) in [6.07, 6.45) is 0.796. The van der Waals surface area contributed by atoms with Crippen molar-refractivity contribution in [2.75, 3.05) is 11.1 Å². The van der Waals surface area contributed by atoms with E-state index in [9.17, 15) is 9.36 Å². The first-order valence-electron chi connectivity index (χ1n) is 6.75. The molecule has 1 amide bonds. The minimum Gasteiger partial charge on any atom is -0.281 e. The molecule has 0 fully saturated rings. The van der Waals surface area contributed by atoms with Gasteiger partial charge in [-0.2, -0.15) is 4.89 Å². The van der Waals surface area contributed by atoms with E-state index >= 15 is 0 Å². The van der Waals surface area contributed by atoms with E-state index in [0.29, 0.717) is 6.42 Å². The number of nitrogens with zero attached hydrogens (tertiary/aromatic N) is 1. The third kappa shape index (κ3) is 4.48. The zero-order chi connectivity index (χ0) is 15.1. The van der Waals surface area contributed by atoms with Crippen molar-refractivity contribution in [3.8, 4) is 0 Å². The highest BCUT2D eigenvalue weighted by Gasteiger charge is 2.19. The molecule has 0 spiro atoms. The molecule has 0 heterocycles. The maximum Gasteiger partial charge on any atom is 0.505 e. The van der Waals surface area contributed by atoms with E-state index in [1.54, 1.807) is 4.90 Å². The van der Waals surface area contributed by atoms with Crippen LogP contribution in [0.3, 0.4) is 0 Å². The number of rotatable bonds is 6. The lowest BCUT2D eigenvalue weighted by atomic mass is 10.2. The lowest BCUT2D eigenvalue weighted by Crippen LogP contribution is -2.25. The molecule has 0 aliphatic rings. The Morgan fingerprint density at radius 1 is 0.952 bits per heavy atom. The van der Waals surface area contributed by atoms with Crippen LogP contribution in [-0.4, -0.2) is 17.0 Å². The molecule has 0 radical (unpaired) electrons. The van der Waals surface area contributed by atoms with Crippen molar-refractivity contribution < 1.29 is 14.3 Å². The Balaban J connectivity index is 2.21. The van der Waals surface area contributed by atoms with E-state index in [4.69, 9.17) is 4.89 Å². The Morgan fingerprint density at radius 3 is 1.86 bits per heavy atom. The average molecular weight is 302 g/mol. The topological polar surface area (TPSA) is 57.6 Å². The number of hydrogen-bond acceptors (Lipinski definition) is 2. The zero-order valence-corrected chi connectivity index (χ0v) is 12.4. The summed E-state index contributed by atoms with van der Waals surface area (Å²) < 4.78 is 10.7. The number of hydrogen-bond donors (Lipinski definition) is 1. The minimum atomic E-state index is -2.18. The van der Waals surface area contributed by atoms with Gasteiger partial charge in [0, 0.05) is 24.2 Å². The smallest absolute Gasteiger partial charge is 0.281 e. The number of anilines is 2. The number of carbonyl (C=O) groups is 1. The number of carbonyl (C=O) groups excluding carboxylic acids is 1. The Bertz CT molecular complexity index is 562. The summed E-state index contributed by atoms with van der Waals surface area (Å²) in [5.41, 5.74) is 1.59. The van der Waals surface area contributed by atoms with Gasteiger partial charge in [-0.25, -0.2) is 0 Å². The van der Waals surface area contributed by atoms with Gasteiger partial charge in [-0.15, -0.1) is 0 Å². The minimum absolute atomic E-state index is 0.0794. The van der Waals surface area contributed by atoms with Crippen LogP contribution in [0.1, 0.15) is 12.8 Å². The maximum atomic E-state index is 12.5. The van der Waals surface area contributed by atoms with E-state index < -0.39 is 8.03 Å². The lowest BCUT2D eigenvalue weighted by molar-refractivity contribution is -0.117. The standard InChI is InChI=1S/C16H16NO3P/c18-16(12-7-13-21(19)20)17(14-8-3-1-4-9-14)15-10-5-2-6-11-15/h1-6,8-11H,7,12-13H2/p+1. The van der Waals surface area contributed by atoms with Gasteiger partial charge in [0.15, 0.2) is 6.16 Å². The van der Waals surface area contributed by atoms with Gasteiger partial charge in [0.2, 0.25) is 5.91 Å². The van der Waals surface area contributed by atoms with Crippen LogP contribution in [-0.2, 0) is 9.36 Å². The van der Waals surface area contributed by atoms with Gasteiger partial charge in [0.05, 0.1) is 0 Å². The molecule has 1 N–H and O–H groups in total. The fourth-order valence-corrected chi connectivity index (χ4v) is 2.50. The van der Waals surface area contributed by atoms with Gasteiger partial charge in [-0.3, -0.25) is 9.69 Å². The highest BCUT2D eigenvalue weighted by atomic mass is 31.1. The van der Waals surface area contributed by atoms with Crippen molar-refractivity contribution in [1.29, 1.82) is 0 Å². The molecule has 0 bridgehead atoms.